The second kappa shape index (κ2) is 21.4. The number of alkyl halides is 3. The van der Waals surface area contributed by atoms with Crippen molar-refractivity contribution in [2.24, 2.45) is 0 Å². The molecule has 9 aromatic rings. The molecule has 0 saturated carbocycles. The maximum atomic E-state index is 13.8. The molecule has 1 N–H and O–H groups in total. The van der Waals surface area contributed by atoms with Gasteiger partial charge in [-0.3, -0.25) is 4.79 Å². The van der Waals surface area contributed by atoms with Crippen LogP contribution in [0.15, 0.2) is 221 Å². The molecule has 0 aliphatic heterocycles. The number of hydrogen-bond acceptors (Lipinski definition) is 7. The Labute approximate surface area is 418 Å². The van der Waals surface area contributed by atoms with Gasteiger partial charge in [-0.2, -0.15) is 13.2 Å². The summed E-state index contributed by atoms with van der Waals surface area (Å²) in [5.74, 6) is -3.45. The Kier molecular flexibility index (Phi) is 16.2. The number of aromatic hydroxyl groups is 1. The molecule has 0 bridgehead atoms. The molecule has 2 heterocycles. The summed E-state index contributed by atoms with van der Waals surface area (Å²) < 4.78 is 71.8. The second-order valence-corrected chi connectivity index (χ2v) is 20.8. The van der Waals surface area contributed by atoms with Crippen molar-refractivity contribution in [1.82, 2.24) is 0 Å². The molecule has 65 heavy (non-hydrogen) atoms. The summed E-state index contributed by atoms with van der Waals surface area (Å²) in [6.07, 6.45) is -1.71. The van der Waals surface area contributed by atoms with E-state index in [-0.39, 0.29) is 60.3 Å². The van der Waals surface area contributed by atoms with E-state index in [1.807, 2.05) is 189 Å². The summed E-state index contributed by atoms with van der Waals surface area (Å²) in [7, 11) is -5.57. The van der Waals surface area contributed by atoms with E-state index in [9.17, 15) is 37.0 Å². The molecule has 6 nitrogen and oxygen atoms in total. The molecule has 0 amide bonds. The normalized spacial score (nSPS) is 11.7. The van der Waals surface area contributed by atoms with Gasteiger partial charge in [0.05, 0.1) is 10.1 Å². The van der Waals surface area contributed by atoms with Crippen LogP contribution in [0.1, 0.15) is 17.3 Å². The predicted octanol–water partition coefficient (Wildman–Crippen LogP) is 12.0. The largest absolute Gasteiger partial charge is 0.506 e. The maximum absolute atomic E-state index is 13.8. The zero-order valence-electron chi connectivity index (χ0n) is 34.6. The number of hydrogen-bond donors (Lipinski definition) is 1. The van der Waals surface area contributed by atoms with Gasteiger partial charge in [-0.1, -0.05) is 195 Å². The molecule has 9 rings (SSSR count). The van der Waals surface area contributed by atoms with Crippen molar-refractivity contribution in [1.29, 1.82) is 0 Å². The van der Waals surface area contributed by atoms with Crippen LogP contribution in [-0.2, 0) is 9.13 Å². The number of carbonyl (C=O) groups excluding carboxylic acids is 1. The predicted molar refractivity (Wildman–Crippen MR) is 257 cm³/mol. The van der Waals surface area contributed by atoms with Crippen molar-refractivity contribution in [3.63, 3.8) is 0 Å². The van der Waals surface area contributed by atoms with Crippen molar-refractivity contribution >= 4 is 89.1 Å². The summed E-state index contributed by atoms with van der Waals surface area (Å²) >= 11 is 1.28. The van der Waals surface area contributed by atoms with Crippen LogP contribution in [0, 0.1) is 49.4 Å². The number of allylic oxidation sites excluding steroid dienone is 3. The third kappa shape index (κ3) is 10.1. The van der Waals surface area contributed by atoms with E-state index in [0.29, 0.717) is 4.70 Å². The van der Waals surface area contributed by atoms with Crippen molar-refractivity contribution in [3.8, 4) is 5.75 Å². The van der Waals surface area contributed by atoms with Crippen molar-refractivity contribution < 1.29 is 86.0 Å². The number of halogens is 3. The van der Waals surface area contributed by atoms with Gasteiger partial charge in [-0.15, -0.1) is 11.3 Å². The summed E-state index contributed by atoms with van der Waals surface area (Å²) in [6, 6.07) is 58.7. The number of Topliss-reactive ketones (excluding diaryl/α,β-unsaturated/α-hetero) is 1. The van der Waals surface area contributed by atoms with Crippen molar-refractivity contribution in [2.45, 2.75) is 13.1 Å². The number of benzene rings is 7. The zero-order valence-corrected chi connectivity index (χ0v) is 39.6. The average Bonchev–Trinajstić information content (AvgIpc) is 3.72. The number of thiophene rings is 1. The molecular formula is C52H39EuF3O6P2S. The van der Waals surface area contributed by atoms with Crippen LogP contribution >= 0.6 is 25.6 Å². The molecule has 0 aliphatic carbocycles. The summed E-state index contributed by atoms with van der Waals surface area (Å²) in [5.41, 5.74) is -2.96. The Bertz CT molecular complexity index is 3140. The van der Waals surface area contributed by atoms with Gasteiger partial charge >= 0.3 is 11.8 Å². The molecule has 327 valence electrons. The van der Waals surface area contributed by atoms with Gasteiger partial charge in [-0.25, -0.2) is 4.79 Å². The number of carbonyl (C=O) groups is 1. The Morgan fingerprint density at radius 1 is 0.615 bits per heavy atom. The van der Waals surface area contributed by atoms with Crippen LogP contribution in [0.2, 0.25) is 0 Å². The van der Waals surface area contributed by atoms with E-state index in [0.717, 1.165) is 47.3 Å². The third-order valence-corrected chi connectivity index (χ3v) is 17.8. The fourth-order valence-corrected chi connectivity index (χ4v) is 13.8. The van der Waals surface area contributed by atoms with Crippen LogP contribution in [-0.4, -0.2) is 17.1 Å². The molecule has 0 aliphatic rings. The minimum Gasteiger partial charge on any atom is -0.506 e. The van der Waals surface area contributed by atoms with E-state index >= 15 is 0 Å². The topological polar surface area (TPSA) is 102 Å². The smallest absolute Gasteiger partial charge is 0.455 e. The first-order valence-corrected chi connectivity index (χ1v) is 24.1. The molecule has 13 heteroatoms. The molecule has 2 aromatic heterocycles. The van der Waals surface area contributed by atoms with Crippen molar-refractivity contribution in [2.75, 3.05) is 0 Å². The minimum atomic E-state index is -5.29. The average molecular weight is 1060 g/mol. The van der Waals surface area contributed by atoms with E-state index < -0.39 is 43.2 Å². The second-order valence-electron chi connectivity index (χ2n) is 14.2. The Morgan fingerprint density at radius 2 is 1.02 bits per heavy atom. The maximum Gasteiger partial charge on any atom is 0.455 e. The van der Waals surface area contributed by atoms with Crippen LogP contribution in [0.4, 0.5) is 13.2 Å². The molecule has 1 radical (unpaired) electrons. The van der Waals surface area contributed by atoms with Crippen LogP contribution < -0.4 is 32.1 Å². The van der Waals surface area contributed by atoms with Gasteiger partial charge in [0.15, 0.2) is 25.4 Å². The zero-order chi connectivity index (χ0) is 45.5. The minimum absolute atomic E-state index is 0. The number of ketones is 1. The van der Waals surface area contributed by atoms with Gasteiger partial charge in [-0.05, 0) is 19.1 Å². The third-order valence-electron chi connectivity index (χ3n) is 10.3. The molecule has 0 saturated heterocycles. The first kappa shape index (κ1) is 49.2. The molecule has 7 aromatic carbocycles. The standard InChI is InChI=1S/C18H15OP.C17H7F3O4S.C17H17OP.Eu/c19-20(16-10-4-1-5-11-16,17-12-6-2-7-13-17)18-14-8-3-9-15-18;18-17(19,20)15(22)11-12(21)9-6-5-8-7-3-1-2-4-10(7)25-14(8)13(9)24-16(11)23;1-3-15(4-2)19(18,16-11-7-5-8-12-16)17-13-9-6-10-14-17;/h1-15H;1-6,21H;3-14H,1H2,2H3;/b;;15-4+;. The van der Waals surface area contributed by atoms with Crippen LogP contribution in [0.3, 0.4) is 0 Å². The summed E-state index contributed by atoms with van der Waals surface area (Å²) in [6.45, 7) is 5.71. The first-order chi connectivity index (χ1) is 30.8. The van der Waals surface area contributed by atoms with E-state index in [2.05, 4.69) is 6.58 Å². The SMILES string of the molecule is C=C/C(=C\C)P(=O)(c1ccccc1)c1ccccc1.O=C(c1c(O)c2ccc3c4ccccc4sc3c2oc1=O)C(F)(F)F.O=P(c1ccccc1)(c1ccccc1)c1ccccc1.[Eu]. The molecule has 0 fully saturated rings. The van der Waals surface area contributed by atoms with Crippen molar-refractivity contribution in [3.05, 3.63) is 228 Å². The van der Waals surface area contributed by atoms with Gasteiger partial charge in [0, 0.05) is 96.7 Å². The fourth-order valence-electron chi connectivity index (χ4n) is 7.28. The van der Waals surface area contributed by atoms with E-state index in [1.165, 1.54) is 17.4 Å². The monoisotopic (exact) mass is 1060 g/mol. The number of rotatable bonds is 8. The molecule has 0 unspecified atom stereocenters. The Hall–Kier alpha value is -5.25. The quantitative estimate of drug-likeness (QED) is 0.0704. The van der Waals surface area contributed by atoms with Gasteiger partial charge in [0.1, 0.15) is 5.75 Å². The van der Waals surface area contributed by atoms with E-state index in [4.69, 9.17) is 4.42 Å². The Morgan fingerprint density at radius 3 is 1.43 bits per heavy atom. The van der Waals surface area contributed by atoms with Gasteiger partial charge < -0.3 is 18.7 Å². The van der Waals surface area contributed by atoms with Crippen LogP contribution in [0.25, 0.3) is 31.1 Å². The Balaban J connectivity index is 0.000000162. The summed E-state index contributed by atoms with van der Waals surface area (Å²) in [5, 5.41) is 16.7. The van der Waals surface area contributed by atoms with Crippen LogP contribution in [0.5, 0.6) is 5.75 Å². The fraction of sp³-hybridized carbons (Fsp3) is 0.0385. The van der Waals surface area contributed by atoms with E-state index in [1.54, 1.807) is 12.1 Å². The molecule has 0 atom stereocenters. The first-order valence-electron chi connectivity index (χ1n) is 19.8. The van der Waals surface area contributed by atoms with Gasteiger partial charge in [0.2, 0.25) is 0 Å². The number of fused-ring (bicyclic) bond motifs is 5. The van der Waals surface area contributed by atoms with Gasteiger partial charge in [0.25, 0.3) is 5.78 Å². The summed E-state index contributed by atoms with van der Waals surface area (Å²) in [4.78, 5) is 23.4. The molecular weight excluding hydrogens is 1020 g/mol. The molecule has 0 spiro atoms.